The highest BCUT2D eigenvalue weighted by Gasteiger charge is 2.42. The second-order valence-corrected chi connectivity index (χ2v) is 8.01. The van der Waals surface area contributed by atoms with Gasteiger partial charge in [0.15, 0.2) is 5.96 Å². The van der Waals surface area contributed by atoms with Gasteiger partial charge in [0, 0.05) is 47.9 Å². The van der Waals surface area contributed by atoms with Crippen LogP contribution in [0.2, 0.25) is 0 Å². The van der Waals surface area contributed by atoms with E-state index >= 15 is 0 Å². The number of halogens is 1. The Hall–Kier alpha value is -1.10. The summed E-state index contributed by atoms with van der Waals surface area (Å²) in [6, 6.07) is 0. The van der Waals surface area contributed by atoms with Gasteiger partial charge < -0.3 is 25.2 Å². The predicted molar refractivity (Wildman–Crippen MR) is 121 cm³/mol. The molecule has 2 N–H and O–H groups in total. The molecule has 8 nitrogen and oxygen atoms in total. The maximum atomic E-state index is 12.7. The maximum Gasteiger partial charge on any atom is 0.243 e. The Bertz CT molecular complexity index is 542. The van der Waals surface area contributed by atoms with E-state index in [-0.39, 0.29) is 53.9 Å². The molecule has 1 saturated heterocycles. The number of ether oxygens (including phenoxy) is 1. The number of aliphatic imine (C=N–C) groups is 1. The molecule has 2 amide bonds. The van der Waals surface area contributed by atoms with Gasteiger partial charge in [-0.2, -0.15) is 0 Å². The second-order valence-electron chi connectivity index (χ2n) is 8.01. The van der Waals surface area contributed by atoms with Crippen molar-refractivity contribution < 1.29 is 14.3 Å². The Morgan fingerprint density at radius 1 is 1.07 bits per heavy atom. The minimum absolute atomic E-state index is 0. The van der Waals surface area contributed by atoms with Gasteiger partial charge >= 0.3 is 0 Å². The molecule has 1 heterocycles. The quantitative estimate of drug-likeness (QED) is 0.305. The average Bonchev–Trinajstić information content (AvgIpc) is 3.32. The molecule has 28 heavy (non-hydrogen) atoms. The minimum Gasteiger partial charge on any atom is -0.376 e. The number of hydrogen-bond acceptors (Lipinski definition) is 4. The molecule has 2 rings (SSSR count). The van der Waals surface area contributed by atoms with Gasteiger partial charge in [-0.3, -0.25) is 9.59 Å². The van der Waals surface area contributed by atoms with Crippen molar-refractivity contribution in [2.45, 2.75) is 44.6 Å². The van der Waals surface area contributed by atoms with Gasteiger partial charge in [0.25, 0.3) is 0 Å². The molecule has 162 valence electrons. The summed E-state index contributed by atoms with van der Waals surface area (Å²) >= 11 is 0. The Balaban J connectivity index is 0.00000392. The lowest BCUT2D eigenvalue weighted by molar-refractivity contribution is -0.138. The number of carbonyl (C=O) groups is 2. The minimum atomic E-state index is -0.388. The van der Waals surface area contributed by atoms with Crippen LogP contribution in [0, 0.1) is 5.41 Å². The molecule has 0 spiro atoms. The van der Waals surface area contributed by atoms with Crippen LogP contribution in [-0.2, 0) is 14.3 Å². The summed E-state index contributed by atoms with van der Waals surface area (Å²) in [5.41, 5.74) is -0.388. The zero-order valence-corrected chi connectivity index (χ0v) is 20.0. The summed E-state index contributed by atoms with van der Waals surface area (Å²) in [7, 11) is 7.05. The fourth-order valence-electron chi connectivity index (χ4n) is 3.72. The number of likely N-dealkylation sites (N-methyl/N-ethyl adjacent to an activating group) is 1. The molecule has 0 radical (unpaired) electrons. The summed E-state index contributed by atoms with van der Waals surface area (Å²) in [5.74, 6) is 0.669. The highest BCUT2D eigenvalue weighted by atomic mass is 127. The molecule has 0 aromatic carbocycles. The number of guanidine groups is 1. The molecular formula is C19H36IN5O3. The lowest BCUT2D eigenvalue weighted by Crippen LogP contribution is -2.50. The first-order valence-electron chi connectivity index (χ1n) is 9.90. The van der Waals surface area contributed by atoms with Gasteiger partial charge in [-0.25, -0.2) is 4.99 Å². The van der Waals surface area contributed by atoms with Crippen LogP contribution in [0.4, 0.5) is 0 Å². The fourth-order valence-corrected chi connectivity index (χ4v) is 3.72. The third-order valence-electron chi connectivity index (χ3n) is 5.41. The topological polar surface area (TPSA) is 86.3 Å². The third-order valence-corrected chi connectivity index (χ3v) is 5.41. The number of rotatable bonds is 7. The smallest absolute Gasteiger partial charge is 0.243 e. The molecule has 1 aliphatic carbocycles. The van der Waals surface area contributed by atoms with E-state index in [1.165, 1.54) is 4.90 Å². The van der Waals surface area contributed by atoms with Crippen LogP contribution in [0.1, 0.15) is 38.5 Å². The van der Waals surface area contributed by atoms with Crippen LogP contribution in [0.15, 0.2) is 4.99 Å². The summed E-state index contributed by atoms with van der Waals surface area (Å²) < 4.78 is 5.65. The fraction of sp³-hybridized carbons (Fsp3) is 0.842. The third kappa shape index (κ3) is 7.06. The van der Waals surface area contributed by atoms with Gasteiger partial charge in [-0.1, -0.05) is 12.8 Å². The molecular weight excluding hydrogens is 473 g/mol. The first kappa shape index (κ1) is 24.9. The van der Waals surface area contributed by atoms with E-state index in [0.717, 1.165) is 45.1 Å². The van der Waals surface area contributed by atoms with Gasteiger partial charge in [0.05, 0.1) is 11.5 Å². The molecule has 0 aromatic rings. The molecule has 1 aliphatic heterocycles. The number of carbonyl (C=O) groups excluding carboxylic acids is 2. The maximum absolute atomic E-state index is 12.7. The number of nitrogens with one attached hydrogen (secondary N) is 2. The lowest BCUT2D eigenvalue weighted by atomic mass is 9.84. The summed E-state index contributed by atoms with van der Waals surface area (Å²) in [6.07, 6.45) is 6.17. The van der Waals surface area contributed by atoms with Crippen LogP contribution in [-0.4, -0.2) is 88.1 Å². The van der Waals surface area contributed by atoms with E-state index in [9.17, 15) is 9.59 Å². The summed E-state index contributed by atoms with van der Waals surface area (Å²) in [6.45, 7) is 2.04. The molecule has 2 fully saturated rings. The van der Waals surface area contributed by atoms with Gasteiger partial charge in [-0.05, 0) is 25.7 Å². The molecule has 0 aromatic heterocycles. The molecule has 1 unspecified atom stereocenters. The first-order chi connectivity index (χ1) is 12.8. The van der Waals surface area contributed by atoms with E-state index in [1.54, 1.807) is 19.0 Å². The van der Waals surface area contributed by atoms with E-state index < -0.39 is 0 Å². The monoisotopic (exact) mass is 509 g/mol. The lowest BCUT2D eigenvalue weighted by Gasteiger charge is -2.31. The Morgan fingerprint density at radius 3 is 2.29 bits per heavy atom. The zero-order valence-electron chi connectivity index (χ0n) is 17.6. The predicted octanol–water partition coefficient (Wildman–Crippen LogP) is 1.06. The standard InChI is InChI=1S/C19H35N5O3.HI/c1-23(2)16(25)13-21-18(20-12-15-8-7-11-27-15)22-14-19(9-5-6-10-19)17(26)24(3)4;/h15H,5-14H2,1-4H3,(H2,20,21,22);1H. The van der Waals surface area contributed by atoms with Crippen molar-refractivity contribution in [3.63, 3.8) is 0 Å². The van der Waals surface area contributed by atoms with Crippen molar-refractivity contribution in [3.05, 3.63) is 0 Å². The molecule has 0 bridgehead atoms. The Morgan fingerprint density at radius 2 is 1.75 bits per heavy atom. The van der Waals surface area contributed by atoms with Crippen LogP contribution in [0.3, 0.4) is 0 Å². The van der Waals surface area contributed by atoms with Crippen molar-refractivity contribution >= 4 is 41.8 Å². The Labute approximate surface area is 185 Å². The SMILES string of the molecule is CN(C)C(=O)CN=C(NCC1CCCO1)NCC1(C(=O)N(C)C)CCCC1.I. The van der Waals surface area contributed by atoms with Crippen LogP contribution in [0.5, 0.6) is 0 Å². The number of amides is 2. The Kier molecular flexibility index (Phi) is 10.5. The molecule has 1 atom stereocenters. The average molecular weight is 509 g/mol. The first-order valence-corrected chi connectivity index (χ1v) is 9.90. The molecule has 1 saturated carbocycles. The van der Waals surface area contributed by atoms with Gasteiger partial charge in [0.1, 0.15) is 6.54 Å². The van der Waals surface area contributed by atoms with Crippen molar-refractivity contribution in [3.8, 4) is 0 Å². The van der Waals surface area contributed by atoms with Gasteiger partial charge in [0.2, 0.25) is 11.8 Å². The highest BCUT2D eigenvalue weighted by molar-refractivity contribution is 14.0. The van der Waals surface area contributed by atoms with E-state index in [1.807, 2.05) is 14.1 Å². The van der Waals surface area contributed by atoms with E-state index in [0.29, 0.717) is 19.0 Å². The molecule has 2 aliphatic rings. The largest absolute Gasteiger partial charge is 0.376 e. The summed E-state index contributed by atoms with van der Waals surface area (Å²) in [4.78, 5) is 32.3. The number of nitrogens with zero attached hydrogens (tertiary/aromatic N) is 3. The molecule has 9 heteroatoms. The van der Waals surface area contributed by atoms with Crippen molar-refractivity contribution in [2.75, 3.05) is 54.4 Å². The van der Waals surface area contributed by atoms with Crippen LogP contribution >= 0.6 is 24.0 Å². The highest BCUT2D eigenvalue weighted by Crippen LogP contribution is 2.38. The summed E-state index contributed by atoms with van der Waals surface area (Å²) in [5, 5.41) is 6.61. The van der Waals surface area contributed by atoms with E-state index in [2.05, 4.69) is 15.6 Å². The second kappa shape index (κ2) is 11.8. The van der Waals surface area contributed by atoms with E-state index in [4.69, 9.17) is 4.74 Å². The van der Waals surface area contributed by atoms with Gasteiger partial charge in [-0.15, -0.1) is 24.0 Å². The van der Waals surface area contributed by atoms with Crippen molar-refractivity contribution in [2.24, 2.45) is 10.4 Å². The normalized spacial score (nSPS) is 21.0. The number of hydrogen-bond donors (Lipinski definition) is 2. The van der Waals surface area contributed by atoms with Crippen LogP contribution < -0.4 is 10.6 Å². The van der Waals surface area contributed by atoms with Crippen molar-refractivity contribution in [1.82, 2.24) is 20.4 Å². The van der Waals surface area contributed by atoms with Crippen molar-refractivity contribution in [1.29, 1.82) is 0 Å². The zero-order chi connectivity index (χ0) is 19.9. The van der Waals surface area contributed by atoms with Crippen LogP contribution in [0.25, 0.3) is 0 Å².